The van der Waals surface area contributed by atoms with Crippen molar-refractivity contribution in [3.05, 3.63) is 103 Å². The van der Waals surface area contributed by atoms with E-state index >= 15 is 0 Å². The number of nitrogens with two attached hydrogens (primary N) is 1. The maximum atomic E-state index is 12.7. The molecule has 0 atom stereocenters. The first-order valence-corrected chi connectivity index (χ1v) is 12.3. The van der Waals surface area contributed by atoms with E-state index in [-0.39, 0.29) is 0 Å². The Morgan fingerprint density at radius 2 is 1.73 bits per heavy atom. The highest BCUT2D eigenvalue weighted by molar-refractivity contribution is 6.16. The number of anilines is 1. The van der Waals surface area contributed by atoms with Crippen molar-refractivity contribution < 1.29 is 9.18 Å². The highest BCUT2D eigenvalue weighted by Crippen LogP contribution is 2.39. The van der Waals surface area contributed by atoms with Crippen LogP contribution in [0.3, 0.4) is 0 Å². The summed E-state index contributed by atoms with van der Waals surface area (Å²) in [5, 5.41) is 6.52. The molecular formula is C31H25FN4O. The van der Waals surface area contributed by atoms with Gasteiger partial charge in [0, 0.05) is 45.8 Å². The fourth-order valence-electron chi connectivity index (χ4n) is 5.08. The maximum absolute atomic E-state index is 12.7. The first-order valence-electron chi connectivity index (χ1n) is 12.3. The lowest BCUT2D eigenvalue weighted by atomic mass is 9.99. The lowest BCUT2D eigenvalue weighted by molar-refractivity contribution is 0.100. The van der Waals surface area contributed by atoms with E-state index in [4.69, 9.17) is 10.7 Å². The second kappa shape index (κ2) is 9.39. The predicted molar refractivity (Wildman–Crippen MR) is 149 cm³/mol. The van der Waals surface area contributed by atoms with Crippen LogP contribution in [-0.4, -0.2) is 28.7 Å². The van der Waals surface area contributed by atoms with E-state index in [0.29, 0.717) is 24.2 Å². The second-order valence-corrected chi connectivity index (χ2v) is 9.03. The van der Waals surface area contributed by atoms with Gasteiger partial charge in [-0.3, -0.25) is 14.2 Å². The third-order valence-corrected chi connectivity index (χ3v) is 6.75. The number of fused-ring (bicyclic) bond motifs is 4. The van der Waals surface area contributed by atoms with E-state index in [9.17, 15) is 9.18 Å². The predicted octanol–water partition coefficient (Wildman–Crippen LogP) is 6.87. The summed E-state index contributed by atoms with van der Waals surface area (Å²) in [6.45, 7) is -0.0234. The first kappa shape index (κ1) is 22.7. The van der Waals surface area contributed by atoms with Crippen LogP contribution in [0.2, 0.25) is 0 Å². The SMILES string of the molecule is NC(=O)c1ccc(-n2c3ccccc3c3c(-c4cnc5ccccc5c4)cccc32)cc1NCCCF. The number of para-hydroxylation sites is 2. The number of benzene rings is 4. The molecule has 6 aromatic rings. The molecule has 0 aliphatic carbocycles. The van der Waals surface area contributed by atoms with Crippen LogP contribution in [0, 0.1) is 0 Å². The summed E-state index contributed by atoms with van der Waals surface area (Å²) in [4.78, 5) is 16.8. The summed E-state index contributed by atoms with van der Waals surface area (Å²) in [7, 11) is 0. The third-order valence-electron chi connectivity index (χ3n) is 6.75. The standard InChI is InChI=1S/C31H25FN4O/c32-15-6-16-34-27-18-22(13-14-24(27)31(33)37)36-28-11-4-2-8-25(28)30-23(9-5-12-29(30)36)21-17-20-7-1-3-10-26(20)35-19-21/h1-5,7-14,17-19,34H,6,15-16H2,(H2,33,37). The number of primary amides is 1. The average Bonchev–Trinajstić information content (AvgIpc) is 3.27. The Labute approximate surface area is 213 Å². The zero-order valence-corrected chi connectivity index (χ0v) is 20.1. The zero-order chi connectivity index (χ0) is 25.4. The molecule has 4 aromatic carbocycles. The summed E-state index contributed by atoms with van der Waals surface area (Å²) in [5.74, 6) is -0.525. The molecule has 3 N–H and O–H groups in total. The minimum absolute atomic E-state index is 0.348. The molecule has 0 bridgehead atoms. The highest BCUT2D eigenvalue weighted by atomic mass is 19.1. The van der Waals surface area contributed by atoms with Crippen LogP contribution in [0.1, 0.15) is 16.8 Å². The van der Waals surface area contributed by atoms with Crippen LogP contribution in [-0.2, 0) is 0 Å². The Morgan fingerprint density at radius 1 is 0.919 bits per heavy atom. The van der Waals surface area contributed by atoms with Gasteiger partial charge >= 0.3 is 0 Å². The van der Waals surface area contributed by atoms with E-state index in [1.807, 2.05) is 48.7 Å². The summed E-state index contributed by atoms with van der Waals surface area (Å²) in [6, 6.07) is 30.4. The summed E-state index contributed by atoms with van der Waals surface area (Å²) in [6.07, 6.45) is 2.28. The van der Waals surface area contributed by atoms with Crippen molar-refractivity contribution in [3.63, 3.8) is 0 Å². The Kier molecular flexibility index (Phi) is 5.77. The molecule has 0 radical (unpaired) electrons. The number of nitrogens with zero attached hydrogens (tertiary/aromatic N) is 2. The number of hydrogen-bond acceptors (Lipinski definition) is 3. The van der Waals surface area contributed by atoms with Gasteiger partial charge in [0.1, 0.15) is 0 Å². The molecule has 182 valence electrons. The lowest BCUT2D eigenvalue weighted by Gasteiger charge is -2.14. The Hall–Kier alpha value is -4.71. The second-order valence-electron chi connectivity index (χ2n) is 9.03. The van der Waals surface area contributed by atoms with Crippen molar-refractivity contribution >= 4 is 44.3 Å². The number of rotatable bonds is 7. The highest BCUT2D eigenvalue weighted by Gasteiger charge is 2.18. The van der Waals surface area contributed by atoms with Crippen molar-refractivity contribution in [1.82, 2.24) is 9.55 Å². The first-order chi connectivity index (χ1) is 18.2. The molecule has 2 aromatic heterocycles. The molecule has 0 saturated heterocycles. The van der Waals surface area contributed by atoms with Crippen molar-refractivity contribution in [2.24, 2.45) is 5.73 Å². The van der Waals surface area contributed by atoms with Crippen LogP contribution in [0.25, 0.3) is 49.5 Å². The molecule has 0 aliphatic heterocycles. The van der Waals surface area contributed by atoms with Crippen molar-refractivity contribution in [1.29, 1.82) is 0 Å². The number of carbonyl (C=O) groups is 1. The fourth-order valence-corrected chi connectivity index (χ4v) is 5.08. The largest absolute Gasteiger partial charge is 0.384 e. The van der Waals surface area contributed by atoms with Gasteiger partial charge in [-0.2, -0.15) is 0 Å². The average molecular weight is 489 g/mol. The normalized spacial score (nSPS) is 11.4. The number of hydrogen-bond donors (Lipinski definition) is 2. The van der Waals surface area contributed by atoms with Gasteiger partial charge in [-0.15, -0.1) is 0 Å². The number of halogens is 1. The van der Waals surface area contributed by atoms with E-state index in [1.54, 1.807) is 6.07 Å². The molecule has 6 heteroatoms. The van der Waals surface area contributed by atoms with Crippen molar-refractivity contribution in [2.45, 2.75) is 6.42 Å². The minimum Gasteiger partial charge on any atom is -0.384 e. The topological polar surface area (TPSA) is 72.9 Å². The van der Waals surface area contributed by atoms with E-state index in [2.05, 4.69) is 52.3 Å². The molecular weight excluding hydrogens is 463 g/mol. The smallest absolute Gasteiger partial charge is 0.250 e. The van der Waals surface area contributed by atoms with E-state index in [0.717, 1.165) is 49.5 Å². The van der Waals surface area contributed by atoms with Gasteiger partial charge in [0.15, 0.2) is 0 Å². The van der Waals surface area contributed by atoms with Crippen molar-refractivity contribution in [3.8, 4) is 16.8 Å². The van der Waals surface area contributed by atoms with Gasteiger partial charge in [-0.25, -0.2) is 0 Å². The summed E-state index contributed by atoms with van der Waals surface area (Å²) >= 11 is 0. The summed E-state index contributed by atoms with van der Waals surface area (Å²) in [5.41, 5.74) is 12.7. The van der Waals surface area contributed by atoms with E-state index in [1.165, 1.54) is 0 Å². The van der Waals surface area contributed by atoms with Crippen LogP contribution in [0.15, 0.2) is 97.2 Å². The number of nitrogens with one attached hydrogen (secondary N) is 1. The quantitative estimate of drug-likeness (QED) is 0.241. The molecule has 1 amide bonds. The van der Waals surface area contributed by atoms with E-state index < -0.39 is 12.6 Å². The molecule has 37 heavy (non-hydrogen) atoms. The van der Waals surface area contributed by atoms with Gasteiger partial charge in [0.05, 0.1) is 28.8 Å². The zero-order valence-electron chi connectivity index (χ0n) is 20.1. The number of carbonyl (C=O) groups excluding carboxylic acids is 1. The molecule has 0 spiro atoms. The van der Waals surface area contributed by atoms with Gasteiger partial charge in [-0.05, 0) is 54.4 Å². The van der Waals surface area contributed by atoms with Gasteiger partial charge < -0.3 is 15.6 Å². The summed E-state index contributed by atoms with van der Waals surface area (Å²) < 4.78 is 14.9. The van der Waals surface area contributed by atoms with Gasteiger partial charge in [-0.1, -0.05) is 48.5 Å². The van der Waals surface area contributed by atoms with Gasteiger partial charge in [0.2, 0.25) is 0 Å². The molecule has 0 unspecified atom stereocenters. The molecule has 6 rings (SSSR count). The maximum Gasteiger partial charge on any atom is 0.250 e. The number of amides is 1. The molecule has 2 heterocycles. The van der Waals surface area contributed by atoms with Crippen LogP contribution in [0.5, 0.6) is 0 Å². The molecule has 5 nitrogen and oxygen atoms in total. The molecule has 0 fully saturated rings. The Bertz CT molecular complexity index is 1790. The number of pyridine rings is 1. The molecule has 0 aliphatic rings. The monoisotopic (exact) mass is 488 g/mol. The number of aromatic nitrogens is 2. The Balaban J connectivity index is 1.59. The lowest BCUT2D eigenvalue weighted by Crippen LogP contribution is -2.15. The van der Waals surface area contributed by atoms with Gasteiger partial charge in [0.25, 0.3) is 5.91 Å². The van der Waals surface area contributed by atoms with Crippen LogP contribution in [0.4, 0.5) is 10.1 Å². The minimum atomic E-state index is -0.525. The van der Waals surface area contributed by atoms with Crippen molar-refractivity contribution in [2.75, 3.05) is 18.5 Å². The van der Waals surface area contributed by atoms with Crippen LogP contribution < -0.4 is 11.1 Å². The molecule has 0 saturated carbocycles. The fraction of sp³-hybridized carbons (Fsp3) is 0.0968. The number of alkyl halides is 1. The van der Waals surface area contributed by atoms with Crippen LogP contribution >= 0.6 is 0 Å². The third kappa shape index (κ3) is 3.96. The Morgan fingerprint density at radius 3 is 2.59 bits per heavy atom.